The maximum absolute atomic E-state index is 12.7. The van der Waals surface area contributed by atoms with E-state index in [1.54, 1.807) is 0 Å². The number of carbonyl (C=O) groups is 1. The molecule has 1 amide bonds. The zero-order valence-electron chi connectivity index (χ0n) is 15.0. The Labute approximate surface area is 154 Å². The summed E-state index contributed by atoms with van der Waals surface area (Å²) in [5.41, 5.74) is 2.13. The summed E-state index contributed by atoms with van der Waals surface area (Å²) < 4.78 is 0.764. The molecule has 4 heteroatoms. The maximum Gasteiger partial charge on any atom is 0.228 e. The number of hydrogen-bond donors (Lipinski definition) is 0. The first-order chi connectivity index (χ1) is 12.7. The van der Waals surface area contributed by atoms with E-state index in [0.29, 0.717) is 12.8 Å². The Kier molecular flexibility index (Phi) is 4.26. The summed E-state index contributed by atoms with van der Waals surface area (Å²) in [6.45, 7) is 3.29. The van der Waals surface area contributed by atoms with Crippen LogP contribution in [0.2, 0.25) is 0 Å². The third-order valence-electron chi connectivity index (χ3n) is 6.19. The van der Waals surface area contributed by atoms with Crippen molar-refractivity contribution in [3.63, 3.8) is 0 Å². The summed E-state index contributed by atoms with van der Waals surface area (Å²) in [6, 6.07) is 23.3. The monoisotopic (exact) mass is 346 g/mol. The molecule has 2 aromatic carbocycles. The van der Waals surface area contributed by atoms with Crippen molar-refractivity contribution in [1.29, 1.82) is 5.26 Å². The van der Waals surface area contributed by atoms with E-state index in [1.165, 1.54) is 11.1 Å². The zero-order chi connectivity index (χ0) is 18.0. The predicted molar refractivity (Wildman–Crippen MR) is 99.4 cm³/mol. The molecule has 26 heavy (non-hydrogen) atoms. The van der Waals surface area contributed by atoms with E-state index in [0.717, 1.165) is 37.1 Å². The number of quaternary nitrogens is 1. The molecule has 132 valence electrons. The van der Waals surface area contributed by atoms with Crippen molar-refractivity contribution in [2.75, 3.05) is 19.6 Å². The van der Waals surface area contributed by atoms with Crippen LogP contribution in [0.15, 0.2) is 60.7 Å². The second-order valence-electron chi connectivity index (χ2n) is 7.37. The van der Waals surface area contributed by atoms with Gasteiger partial charge in [0.25, 0.3) is 0 Å². The van der Waals surface area contributed by atoms with E-state index in [4.69, 9.17) is 0 Å². The lowest BCUT2D eigenvalue weighted by Gasteiger charge is -2.48. The second kappa shape index (κ2) is 6.59. The van der Waals surface area contributed by atoms with Crippen molar-refractivity contribution in [2.24, 2.45) is 0 Å². The molecule has 2 unspecified atom stereocenters. The first-order valence-electron chi connectivity index (χ1n) is 9.35. The molecule has 0 bridgehead atoms. The Hall–Kier alpha value is -2.64. The number of amides is 1. The van der Waals surface area contributed by atoms with Crippen LogP contribution in [0.25, 0.3) is 0 Å². The van der Waals surface area contributed by atoms with Gasteiger partial charge in [-0.2, -0.15) is 5.26 Å². The number of nitriles is 1. The predicted octanol–water partition coefficient (Wildman–Crippen LogP) is 3.41. The van der Waals surface area contributed by atoms with Crippen LogP contribution in [0, 0.1) is 11.3 Å². The van der Waals surface area contributed by atoms with Gasteiger partial charge in [-0.15, -0.1) is 0 Å². The molecule has 4 nitrogen and oxygen atoms in total. The van der Waals surface area contributed by atoms with Crippen molar-refractivity contribution in [1.82, 2.24) is 4.90 Å². The molecule has 2 atom stereocenters. The molecule has 2 heterocycles. The third-order valence-corrected chi connectivity index (χ3v) is 6.19. The van der Waals surface area contributed by atoms with Crippen LogP contribution >= 0.6 is 0 Å². The van der Waals surface area contributed by atoms with E-state index in [1.807, 2.05) is 12.1 Å². The highest BCUT2D eigenvalue weighted by molar-refractivity contribution is 5.80. The summed E-state index contributed by atoms with van der Waals surface area (Å²) >= 11 is 0. The molecule has 2 saturated heterocycles. The Balaban J connectivity index is 1.86. The molecule has 4 rings (SSSR count). The summed E-state index contributed by atoms with van der Waals surface area (Å²) in [5.74, 6) is 0.249. The number of fused-ring (bicyclic) bond motifs is 1. The van der Waals surface area contributed by atoms with Crippen molar-refractivity contribution < 1.29 is 9.28 Å². The van der Waals surface area contributed by atoms with E-state index in [2.05, 4.69) is 59.5 Å². The molecule has 0 N–H and O–H groups in total. The Bertz CT molecular complexity index is 829. The summed E-state index contributed by atoms with van der Waals surface area (Å²) in [4.78, 5) is 14.8. The minimum Gasteiger partial charge on any atom is -0.291 e. The molecule has 0 radical (unpaired) electrons. The average Bonchev–Trinajstić information content (AvgIpc) is 3.19. The Morgan fingerprint density at radius 3 is 2.46 bits per heavy atom. The minimum absolute atomic E-state index is 0.249. The number of nitrogens with zero attached hydrogens (tertiary/aromatic N) is 3. The fourth-order valence-corrected chi connectivity index (χ4v) is 5.10. The lowest BCUT2D eigenvalue weighted by molar-refractivity contribution is -0.989. The molecular formula is C22H24N3O+. The van der Waals surface area contributed by atoms with Gasteiger partial charge < -0.3 is 0 Å². The van der Waals surface area contributed by atoms with Crippen LogP contribution in [-0.2, 0) is 17.0 Å². The van der Waals surface area contributed by atoms with Gasteiger partial charge in [0, 0.05) is 24.0 Å². The highest BCUT2D eigenvalue weighted by Gasteiger charge is 2.64. The van der Waals surface area contributed by atoms with Crippen LogP contribution < -0.4 is 0 Å². The first kappa shape index (κ1) is 16.8. The molecule has 2 aliphatic heterocycles. The molecule has 0 spiro atoms. The Morgan fingerprint density at radius 1 is 1.08 bits per heavy atom. The number of hydrogen-bond acceptors (Lipinski definition) is 2. The van der Waals surface area contributed by atoms with E-state index in [-0.39, 0.29) is 11.6 Å². The number of rotatable bonds is 5. The van der Waals surface area contributed by atoms with Crippen LogP contribution in [0.1, 0.15) is 30.4 Å². The number of benzene rings is 2. The van der Waals surface area contributed by atoms with Crippen molar-refractivity contribution in [3.8, 4) is 6.07 Å². The van der Waals surface area contributed by atoms with E-state index in [9.17, 15) is 10.1 Å². The quantitative estimate of drug-likeness (QED) is 0.779. The van der Waals surface area contributed by atoms with Gasteiger partial charge in [0.2, 0.25) is 11.6 Å². The highest BCUT2D eigenvalue weighted by atomic mass is 16.2. The standard InChI is InChI=1S/C22H24N3O/c23-14-7-16-25(18-19-8-3-1-4-9-19)17-15-24-21(26)12-13-22(24,25)20-10-5-2-6-11-20/h1-6,8-11H,7,12-13,15-18H2/q+1. The Morgan fingerprint density at radius 2 is 1.77 bits per heavy atom. The fraction of sp³-hybridized carbons (Fsp3) is 0.364. The molecule has 2 fully saturated rings. The number of carbonyl (C=O) groups excluding carboxylic acids is 1. The molecule has 0 aromatic heterocycles. The van der Waals surface area contributed by atoms with Crippen LogP contribution in [-0.4, -0.2) is 34.9 Å². The second-order valence-corrected chi connectivity index (χ2v) is 7.37. The van der Waals surface area contributed by atoms with Gasteiger partial charge in [-0.3, -0.25) is 14.2 Å². The summed E-state index contributed by atoms with van der Waals surface area (Å²) in [7, 11) is 0. The molecule has 2 aromatic rings. The van der Waals surface area contributed by atoms with Crippen LogP contribution in [0.3, 0.4) is 0 Å². The van der Waals surface area contributed by atoms with Gasteiger partial charge in [-0.25, -0.2) is 0 Å². The average molecular weight is 346 g/mol. The van der Waals surface area contributed by atoms with Crippen molar-refractivity contribution in [2.45, 2.75) is 31.5 Å². The molecule has 0 saturated carbocycles. The van der Waals surface area contributed by atoms with Gasteiger partial charge >= 0.3 is 0 Å². The highest BCUT2D eigenvalue weighted by Crippen LogP contribution is 2.51. The minimum atomic E-state index is -0.342. The largest absolute Gasteiger partial charge is 0.291 e. The molecule has 2 aliphatic rings. The van der Waals surface area contributed by atoms with Gasteiger partial charge in [-0.1, -0.05) is 60.7 Å². The first-order valence-corrected chi connectivity index (χ1v) is 9.35. The zero-order valence-corrected chi connectivity index (χ0v) is 15.0. The normalized spacial score (nSPS) is 27.3. The SMILES string of the molecule is N#CCC[N+]1(Cc2ccccc2)CCN2C(=O)CCC21c1ccccc1. The molecule has 0 aliphatic carbocycles. The van der Waals surface area contributed by atoms with Gasteiger partial charge in [0.15, 0.2) is 0 Å². The van der Waals surface area contributed by atoms with Gasteiger partial charge in [0.1, 0.15) is 6.54 Å². The van der Waals surface area contributed by atoms with E-state index < -0.39 is 0 Å². The summed E-state index contributed by atoms with van der Waals surface area (Å²) in [6.07, 6.45) is 1.92. The van der Waals surface area contributed by atoms with Gasteiger partial charge in [0.05, 0.1) is 32.1 Å². The topological polar surface area (TPSA) is 44.1 Å². The van der Waals surface area contributed by atoms with Gasteiger partial charge in [-0.05, 0) is 0 Å². The van der Waals surface area contributed by atoms with Crippen LogP contribution in [0.4, 0.5) is 0 Å². The summed E-state index contributed by atoms with van der Waals surface area (Å²) in [5, 5.41) is 9.31. The maximum atomic E-state index is 12.7. The van der Waals surface area contributed by atoms with Crippen molar-refractivity contribution >= 4 is 5.91 Å². The fourth-order valence-electron chi connectivity index (χ4n) is 5.10. The van der Waals surface area contributed by atoms with E-state index >= 15 is 0 Å². The van der Waals surface area contributed by atoms with Crippen LogP contribution in [0.5, 0.6) is 0 Å². The lowest BCUT2D eigenvalue weighted by atomic mass is 9.91. The smallest absolute Gasteiger partial charge is 0.228 e. The lowest BCUT2D eigenvalue weighted by Crippen LogP contribution is -2.61. The molecular weight excluding hydrogens is 322 g/mol. The van der Waals surface area contributed by atoms with Crippen molar-refractivity contribution in [3.05, 3.63) is 71.8 Å². The third kappa shape index (κ3) is 2.43.